The van der Waals surface area contributed by atoms with Gasteiger partial charge in [0.05, 0.1) is 28.6 Å². The minimum atomic E-state index is -0.447. The van der Waals surface area contributed by atoms with Crippen LogP contribution in [0.1, 0.15) is 36.7 Å². The normalized spacial score (nSPS) is 20.1. The molecular formula is C24H20ClFN10. The van der Waals surface area contributed by atoms with E-state index >= 15 is 4.39 Å². The number of imidazole rings is 1. The van der Waals surface area contributed by atoms with Gasteiger partial charge in [-0.2, -0.15) is 4.68 Å². The topological polar surface area (TPSA) is 117 Å². The van der Waals surface area contributed by atoms with Gasteiger partial charge in [0.2, 0.25) is 0 Å². The third-order valence-corrected chi connectivity index (χ3v) is 7.49. The fourth-order valence-electron chi connectivity index (χ4n) is 5.52. The van der Waals surface area contributed by atoms with E-state index in [9.17, 15) is 0 Å². The van der Waals surface area contributed by atoms with Crippen molar-refractivity contribution in [2.24, 2.45) is 0 Å². The molecule has 12 heteroatoms. The second-order valence-electron chi connectivity index (χ2n) is 9.06. The highest BCUT2D eigenvalue weighted by Crippen LogP contribution is 2.43. The molecule has 0 bridgehead atoms. The van der Waals surface area contributed by atoms with Gasteiger partial charge in [-0.3, -0.25) is 4.90 Å². The van der Waals surface area contributed by atoms with E-state index < -0.39 is 5.82 Å². The molecule has 4 aromatic heterocycles. The Morgan fingerprint density at radius 1 is 1.14 bits per heavy atom. The highest BCUT2D eigenvalue weighted by atomic mass is 35.5. The Bertz CT molecular complexity index is 1600. The number of aromatic amines is 2. The van der Waals surface area contributed by atoms with Gasteiger partial charge in [0.1, 0.15) is 24.1 Å². The monoisotopic (exact) mass is 502 g/mol. The molecule has 1 saturated heterocycles. The molecule has 2 aliphatic rings. The van der Waals surface area contributed by atoms with Gasteiger partial charge in [-0.1, -0.05) is 17.7 Å². The van der Waals surface area contributed by atoms with Crippen LogP contribution in [-0.2, 0) is 0 Å². The van der Waals surface area contributed by atoms with Crippen LogP contribution in [0.4, 0.5) is 4.39 Å². The largest absolute Gasteiger partial charge is 0.345 e. The van der Waals surface area contributed by atoms with Crippen molar-refractivity contribution < 1.29 is 4.39 Å². The predicted octanol–water partition coefficient (Wildman–Crippen LogP) is 4.11. The SMILES string of the molecule is Fc1c(Cl)ccc(-n2cnnn2)c1C1=CCN2[C@H](CC[C@H]2c2ncc(-c3c[nH]c4ncncc34)[nH]2)C1. The summed E-state index contributed by atoms with van der Waals surface area (Å²) in [7, 11) is 0. The second kappa shape index (κ2) is 8.32. The highest BCUT2D eigenvalue weighted by molar-refractivity contribution is 6.31. The Morgan fingerprint density at radius 2 is 2.08 bits per heavy atom. The van der Waals surface area contributed by atoms with Gasteiger partial charge < -0.3 is 9.97 Å². The van der Waals surface area contributed by atoms with Crippen molar-refractivity contribution in [1.82, 2.24) is 50.0 Å². The summed E-state index contributed by atoms with van der Waals surface area (Å²) in [6.07, 6.45) is 13.3. The number of fused-ring (bicyclic) bond motifs is 2. The average Bonchev–Trinajstić information content (AvgIpc) is 3.70. The van der Waals surface area contributed by atoms with Crippen LogP contribution in [0.3, 0.4) is 0 Å². The van der Waals surface area contributed by atoms with E-state index in [0.29, 0.717) is 24.2 Å². The molecule has 0 spiro atoms. The van der Waals surface area contributed by atoms with Crippen molar-refractivity contribution in [3.63, 3.8) is 0 Å². The van der Waals surface area contributed by atoms with Crippen molar-refractivity contribution in [2.45, 2.75) is 31.3 Å². The molecule has 2 N–H and O–H groups in total. The van der Waals surface area contributed by atoms with Crippen LogP contribution in [0, 0.1) is 5.82 Å². The second-order valence-corrected chi connectivity index (χ2v) is 9.46. The summed E-state index contributed by atoms with van der Waals surface area (Å²) in [5.41, 5.74) is 4.66. The molecule has 1 fully saturated rings. The Hall–Kier alpha value is -3.96. The van der Waals surface area contributed by atoms with Crippen LogP contribution in [0.25, 0.3) is 33.6 Å². The first kappa shape index (κ1) is 21.3. The molecule has 2 atom stereocenters. The molecule has 0 saturated carbocycles. The van der Waals surface area contributed by atoms with E-state index in [1.165, 1.54) is 23.4 Å². The molecule has 5 aromatic rings. The van der Waals surface area contributed by atoms with Crippen LogP contribution in [-0.4, -0.2) is 62.6 Å². The number of benzene rings is 1. The fourth-order valence-corrected chi connectivity index (χ4v) is 5.67. The summed E-state index contributed by atoms with van der Waals surface area (Å²) in [4.78, 5) is 22.3. The lowest BCUT2D eigenvalue weighted by molar-refractivity contribution is 0.205. The number of rotatable bonds is 4. The molecule has 1 aromatic carbocycles. The lowest BCUT2D eigenvalue weighted by Gasteiger charge is -2.33. The lowest BCUT2D eigenvalue weighted by atomic mass is 9.92. The number of nitrogens with zero attached hydrogens (tertiary/aromatic N) is 8. The van der Waals surface area contributed by atoms with Crippen molar-refractivity contribution in [1.29, 1.82) is 0 Å². The molecule has 36 heavy (non-hydrogen) atoms. The van der Waals surface area contributed by atoms with Crippen molar-refractivity contribution in [2.75, 3.05) is 6.54 Å². The fraction of sp³-hybridized carbons (Fsp3) is 0.250. The summed E-state index contributed by atoms with van der Waals surface area (Å²) in [5, 5.41) is 12.4. The number of tetrazole rings is 1. The maximum absolute atomic E-state index is 15.3. The third-order valence-electron chi connectivity index (χ3n) is 7.19. The van der Waals surface area contributed by atoms with Crippen LogP contribution >= 0.6 is 11.6 Å². The summed E-state index contributed by atoms with van der Waals surface area (Å²) in [5.74, 6) is 0.483. The van der Waals surface area contributed by atoms with Gasteiger partial charge in [-0.05, 0) is 47.4 Å². The molecule has 2 aliphatic heterocycles. The number of halogens is 2. The summed E-state index contributed by atoms with van der Waals surface area (Å²) >= 11 is 6.17. The Balaban J connectivity index is 1.18. The van der Waals surface area contributed by atoms with E-state index in [2.05, 4.69) is 46.4 Å². The van der Waals surface area contributed by atoms with Gasteiger partial charge in [0, 0.05) is 41.5 Å². The summed E-state index contributed by atoms with van der Waals surface area (Å²) in [6, 6.07) is 3.71. The number of aromatic nitrogens is 9. The van der Waals surface area contributed by atoms with Crippen LogP contribution < -0.4 is 0 Å². The molecule has 0 aliphatic carbocycles. The zero-order chi connectivity index (χ0) is 24.2. The first-order valence-electron chi connectivity index (χ1n) is 11.7. The molecule has 7 rings (SSSR count). The van der Waals surface area contributed by atoms with E-state index in [-0.39, 0.29) is 17.1 Å². The summed E-state index contributed by atoms with van der Waals surface area (Å²) < 4.78 is 16.7. The van der Waals surface area contributed by atoms with E-state index in [0.717, 1.165) is 46.5 Å². The van der Waals surface area contributed by atoms with Crippen LogP contribution in [0.5, 0.6) is 0 Å². The first-order chi connectivity index (χ1) is 17.7. The standard InChI is InChI=1S/C24H20ClFN10/c25-17-2-4-19(36-12-31-33-34-36)21(22(17)26)13-5-6-35-14(7-13)1-3-20(35)24-29-10-18(32-24)15-9-28-23-16(15)8-27-11-30-23/h2,4-5,8-12,14,20H,1,3,6-7H2,(H,29,32)(H,27,28,30)/t14-,20+/m1/s1. The van der Waals surface area contributed by atoms with Crippen LogP contribution in [0.2, 0.25) is 5.02 Å². The smallest absolute Gasteiger partial charge is 0.151 e. The maximum atomic E-state index is 15.3. The molecule has 180 valence electrons. The van der Waals surface area contributed by atoms with Crippen molar-refractivity contribution in [3.8, 4) is 16.9 Å². The number of hydrogen-bond donors (Lipinski definition) is 2. The average molecular weight is 503 g/mol. The van der Waals surface area contributed by atoms with Crippen LogP contribution in [0.15, 0.2) is 49.5 Å². The first-order valence-corrected chi connectivity index (χ1v) is 12.0. The van der Waals surface area contributed by atoms with Crippen molar-refractivity contribution >= 4 is 28.2 Å². The van der Waals surface area contributed by atoms with Gasteiger partial charge >= 0.3 is 0 Å². The molecule has 0 radical (unpaired) electrons. The number of nitrogens with one attached hydrogen (secondary N) is 2. The van der Waals surface area contributed by atoms with Gasteiger partial charge in [0.15, 0.2) is 5.82 Å². The molecule has 10 nitrogen and oxygen atoms in total. The quantitative estimate of drug-likeness (QED) is 0.380. The Labute approximate surface area is 209 Å². The zero-order valence-corrected chi connectivity index (χ0v) is 19.7. The number of H-pyrrole nitrogens is 2. The van der Waals surface area contributed by atoms with Crippen molar-refractivity contribution in [3.05, 3.63) is 71.7 Å². The Kier molecular flexibility index (Phi) is 4.93. The summed E-state index contributed by atoms with van der Waals surface area (Å²) in [6.45, 7) is 0.683. The molecular weight excluding hydrogens is 483 g/mol. The van der Waals surface area contributed by atoms with Gasteiger partial charge in [-0.15, -0.1) is 5.10 Å². The third kappa shape index (κ3) is 3.34. The minimum Gasteiger partial charge on any atom is -0.345 e. The van der Waals surface area contributed by atoms with E-state index in [4.69, 9.17) is 16.6 Å². The molecule has 0 unspecified atom stereocenters. The zero-order valence-electron chi connectivity index (χ0n) is 18.9. The minimum absolute atomic E-state index is 0.0836. The molecule has 6 heterocycles. The van der Waals surface area contributed by atoms with Gasteiger partial charge in [0.25, 0.3) is 0 Å². The maximum Gasteiger partial charge on any atom is 0.151 e. The van der Waals surface area contributed by atoms with E-state index in [1.807, 2.05) is 12.4 Å². The Morgan fingerprint density at radius 3 is 2.97 bits per heavy atom. The molecule has 0 amide bonds. The number of hydrogen-bond acceptors (Lipinski definition) is 7. The highest BCUT2D eigenvalue weighted by Gasteiger charge is 2.38. The predicted molar refractivity (Wildman–Crippen MR) is 131 cm³/mol. The lowest BCUT2D eigenvalue weighted by Crippen LogP contribution is -2.35. The van der Waals surface area contributed by atoms with E-state index in [1.54, 1.807) is 12.3 Å². The van der Waals surface area contributed by atoms with Gasteiger partial charge in [-0.25, -0.2) is 19.3 Å².